The van der Waals surface area contributed by atoms with Crippen molar-refractivity contribution in [2.45, 2.75) is 12.5 Å². The van der Waals surface area contributed by atoms with Gasteiger partial charge < -0.3 is 9.47 Å². The summed E-state index contributed by atoms with van der Waals surface area (Å²) in [5.41, 5.74) is 0. The van der Waals surface area contributed by atoms with Crippen molar-refractivity contribution in [3.05, 3.63) is 24.3 Å². The molecule has 0 spiro atoms. The first kappa shape index (κ1) is 9.34. The maximum atomic E-state index is 10.7. The Balaban J connectivity index is 2.09. The van der Waals surface area contributed by atoms with Crippen LogP contribution in [0.3, 0.4) is 0 Å². The van der Waals surface area contributed by atoms with Crippen molar-refractivity contribution in [2.75, 3.05) is 6.61 Å². The zero-order chi connectivity index (χ0) is 9.97. The molecule has 1 aromatic carbocycles. The number of carbonyl (C=O) groups is 1. The Labute approximate surface area is 86.6 Å². The maximum Gasteiger partial charge on any atom is 0.225 e. The third kappa shape index (κ3) is 1.99. The molecule has 0 saturated heterocycles. The minimum atomic E-state index is -0.405. The van der Waals surface area contributed by atoms with Crippen molar-refractivity contribution in [1.82, 2.24) is 0 Å². The summed E-state index contributed by atoms with van der Waals surface area (Å²) < 4.78 is 10.9. The van der Waals surface area contributed by atoms with Gasteiger partial charge in [-0.15, -0.1) is 0 Å². The first-order chi connectivity index (χ1) is 6.75. The first-order valence-electron chi connectivity index (χ1n) is 4.32. The second-order valence-electron chi connectivity index (χ2n) is 3.06. The largest absolute Gasteiger partial charge is 0.486 e. The molecule has 1 heterocycles. The summed E-state index contributed by atoms with van der Waals surface area (Å²) in [5, 5.41) is -0.405. The van der Waals surface area contributed by atoms with E-state index in [2.05, 4.69) is 0 Å². The number of hydrogen-bond acceptors (Lipinski definition) is 3. The lowest BCUT2D eigenvalue weighted by molar-refractivity contribution is -0.113. The Bertz CT molecular complexity index is 351. The van der Waals surface area contributed by atoms with Gasteiger partial charge in [-0.1, -0.05) is 12.1 Å². The zero-order valence-corrected chi connectivity index (χ0v) is 8.16. The maximum absolute atomic E-state index is 10.7. The molecule has 2 rings (SSSR count). The standard InChI is InChI=1S/C10H9ClO3/c11-10(12)5-7-6-13-8-3-1-2-4-9(8)14-7/h1-4,7H,5-6H2. The average Bonchev–Trinajstić information content (AvgIpc) is 2.17. The molecule has 74 valence electrons. The highest BCUT2D eigenvalue weighted by Crippen LogP contribution is 2.31. The molecule has 0 aliphatic carbocycles. The number of fused-ring (bicyclic) bond motifs is 1. The third-order valence-electron chi connectivity index (χ3n) is 1.96. The Kier molecular flexibility index (Phi) is 2.59. The fourth-order valence-electron chi connectivity index (χ4n) is 1.34. The van der Waals surface area contributed by atoms with E-state index in [0.29, 0.717) is 18.1 Å². The summed E-state index contributed by atoms with van der Waals surface area (Å²) in [6.45, 7) is 0.371. The average molecular weight is 213 g/mol. The van der Waals surface area contributed by atoms with E-state index in [1.165, 1.54) is 0 Å². The number of rotatable bonds is 2. The van der Waals surface area contributed by atoms with Crippen molar-refractivity contribution in [3.63, 3.8) is 0 Å². The lowest BCUT2D eigenvalue weighted by Gasteiger charge is -2.25. The van der Waals surface area contributed by atoms with Crippen LogP contribution < -0.4 is 9.47 Å². The van der Waals surface area contributed by atoms with Crippen molar-refractivity contribution in [1.29, 1.82) is 0 Å². The van der Waals surface area contributed by atoms with Crippen LogP contribution in [0.25, 0.3) is 0 Å². The second-order valence-corrected chi connectivity index (χ2v) is 3.48. The highest BCUT2D eigenvalue weighted by Gasteiger charge is 2.22. The van der Waals surface area contributed by atoms with E-state index in [4.69, 9.17) is 21.1 Å². The van der Waals surface area contributed by atoms with E-state index in [0.717, 1.165) is 0 Å². The summed E-state index contributed by atoms with van der Waals surface area (Å²) in [4.78, 5) is 10.7. The Morgan fingerprint density at radius 2 is 2.14 bits per heavy atom. The van der Waals surface area contributed by atoms with Crippen LogP contribution in [0, 0.1) is 0 Å². The molecule has 1 aliphatic rings. The van der Waals surface area contributed by atoms with Crippen LogP contribution in [0.4, 0.5) is 0 Å². The number of benzene rings is 1. The predicted octanol–water partition coefficient (Wildman–Crippen LogP) is 1.98. The topological polar surface area (TPSA) is 35.5 Å². The molecular weight excluding hydrogens is 204 g/mol. The van der Waals surface area contributed by atoms with Crippen LogP contribution in [-0.4, -0.2) is 18.0 Å². The molecule has 4 heteroatoms. The lowest BCUT2D eigenvalue weighted by atomic mass is 10.2. The minimum Gasteiger partial charge on any atom is -0.486 e. The van der Waals surface area contributed by atoms with Gasteiger partial charge in [0.2, 0.25) is 5.24 Å². The van der Waals surface area contributed by atoms with Crippen molar-refractivity contribution < 1.29 is 14.3 Å². The van der Waals surface area contributed by atoms with Gasteiger partial charge in [0.15, 0.2) is 11.5 Å². The smallest absolute Gasteiger partial charge is 0.225 e. The van der Waals surface area contributed by atoms with Crippen molar-refractivity contribution in [3.8, 4) is 11.5 Å². The summed E-state index contributed by atoms with van der Waals surface area (Å²) in [6, 6.07) is 7.36. The van der Waals surface area contributed by atoms with Gasteiger partial charge in [-0.2, -0.15) is 0 Å². The van der Waals surface area contributed by atoms with E-state index in [9.17, 15) is 4.79 Å². The Morgan fingerprint density at radius 1 is 1.43 bits per heavy atom. The second kappa shape index (κ2) is 3.88. The summed E-state index contributed by atoms with van der Waals surface area (Å²) in [7, 11) is 0. The summed E-state index contributed by atoms with van der Waals surface area (Å²) >= 11 is 5.26. The summed E-state index contributed by atoms with van der Waals surface area (Å²) in [6.07, 6.45) is -0.0921. The molecule has 3 nitrogen and oxygen atoms in total. The lowest BCUT2D eigenvalue weighted by Crippen LogP contribution is -2.30. The van der Waals surface area contributed by atoms with E-state index in [1.54, 1.807) is 6.07 Å². The molecule has 1 aliphatic heterocycles. The quantitative estimate of drug-likeness (QED) is 0.704. The van der Waals surface area contributed by atoms with Gasteiger partial charge in [-0.05, 0) is 23.7 Å². The van der Waals surface area contributed by atoms with Crippen LogP contribution >= 0.6 is 11.6 Å². The number of ether oxygens (including phenoxy) is 2. The van der Waals surface area contributed by atoms with Gasteiger partial charge in [0.05, 0.1) is 6.42 Å². The molecule has 0 amide bonds. The highest BCUT2D eigenvalue weighted by atomic mass is 35.5. The molecule has 1 unspecified atom stereocenters. The van der Waals surface area contributed by atoms with Crippen molar-refractivity contribution >= 4 is 16.8 Å². The number of hydrogen-bond donors (Lipinski definition) is 0. The predicted molar refractivity (Wildman–Crippen MR) is 51.8 cm³/mol. The van der Waals surface area contributed by atoms with Gasteiger partial charge in [-0.25, -0.2) is 0 Å². The fraction of sp³-hybridized carbons (Fsp3) is 0.300. The van der Waals surface area contributed by atoms with Crippen LogP contribution in [-0.2, 0) is 4.79 Å². The summed E-state index contributed by atoms with van der Waals surface area (Å²) in [5.74, 6) is 1.38. The molecule has 1 aromatic rings. The molecule has 0 fully saturated rings. The molecular formula is C10H9ClO3. The molecule has 14 heavy (non-hydrogen) atoms. The van der Waals surface area contributed by atoms with Crippen LogP contribution in [0.1, 0.15) is 6.42 Å². The van der Waals surface area contributed by atoms with Crippen LogP contribution in [0.5, 0.6) is 11.5 Å². The normalized spacial score (nSPS) is 19.1. The van der Waals surface area contributed by atoms with Gasteiger partial charge >= 0.3 is 0 Å². The monoisotopic (exact) mass is 212 g/mol. The Hall–Kier alpha value is -1.22. The Morgan fingerprint density at radius 3 is 2.86 bits per heavy atom. The zero-order valence-electron chi connectivity index (χ0n) is 7.40. The van der Waals surface area contributed by atoms with Gasteiger partial charge in [0, 0.05) is 0 Å². The molecule has 0 N–H and O–H groups in total. The first-order valence-corrected chi connectivity index (χ1v) is 4.70. The minimum absolute atomic E-state index is 0.176. The van der Waals surface area contributed by atoms with E-state index in [-0.39, 0.29) is 12.5 Å². The van der Waals surface area contributed by atoms with E-state index >= 15 is 0 Å². The number of para-hydroxylation sites is 2. The number of halogens is 1. The molecule has 0 radical (unpaired) electrons. The van der Waals surface area contributed by atoms with Gasteiger partial charge in [0.25, 0.3) is 0 Å². The van der Waals surface area contributed by atoms with Crippen molar-refractivity contribution in [2.24, 2.45) is 0 Å². The SMILES string of the molecule is O=C(Cl)CC1COc2ccccc2O1. The molecule has 0 bridgehead atoms. The van der Waals surface area contributed by atoms with Gasteiger partial charge in [0.1, 0.15) is 12.7 Å². The number of carbonyl (C=O) groups excluding carboxylic acids is 1. The molecule has 0 saturated carbocycles. The third-order valence-corrected chi connectivity index (χ3v) is 2.11. The van der Waals surface area contributed by atoms with E-state index in [1.807, 2.05) is 18.2 Å². The van der Waals surface area contributed by atoms with E-state index < -0.39 is 5.24 Å². The van der Waals surface area contributed by atoms with Gasteiger partial charge in [-0.3, -0.25) is 4.79 Å². The highest BCUT2D eigenvalue weighted by molar-refractivity contribution is 6.63. The molecule has 1 atom stereocenters. The van der Waals surface area contributed by atoms with Crippen LogP contribution in [0.2, 0.25) is 0 Å². The van der Waals surface area contributed by atoms with Crippen LogP contribution in [0.15, 0.2) is 24.3 Å². The molecule has 0 aromatic heterocycles. The fourth-order valence-corrected chi connectivity index (χ4v) is 1.51.